The number of ether oxygens (including phenoxy) is 1. The molecule has 7 heteroatoms. The highest BCUT2D eigenvalue weighted by atomic mass is 16.5. The van der Waals surface area contributed by atoms with Gasteiger partial charge >= 0.3 is 0 Å². The van der Waals surface area contributed by atoms with Crippen molar-refractivity contribution >= 4 is 12.2 Å². The number of rotatable bonds is 3. The summed E-state index contributed by atoms with van der Waals surface area (Å²) in [5.74, 6) is -0.308. The third kappa shape index (κ3) is 2.77. The molecule has 0 amide bonds. The monoisotopic (exact) mass is 224 g/mol. The van der Waals surface area contributed by atoms with Crippen LogP contribution in [0.15, 0.2) is 22.3 Å². The molecule has 1 rings (SSSR count). The molecule has 0 aromatic heterocycles. The average molecular weight is 224 g/mol. The standard InChI is InChI=1S/C9H12N4O3/c1-16-8-2-5(4-12-13-9(10)11)6(14)3-7(8)15/h2-4,14-15H,1H3,(H4,10,11,13). The van der Waals surface area contributed by atoms with E-state index in [-0.39, 0.29) is 23.2 Å². The van der Waals surface area contributed by atoms with Crippen molar-refractivity contribution < 1.29 is 14.9 Å². The Hall–Kier alpha value is -2.44. The first-order valence-corrected chi connectivity index (χ1v) is 4.26. The van der Waals surface area contributed by atoms with E-state index in [0.29, 0.717) is 5.56 Å². The first kappa shape index (κ1) is 11.6. The highest BCUT2D eigenvalue weighted by Crippen LogP contribution is 2.32. The van der Waals surface area contributed by atoms with Crippen LogP contribution in [-0.2, 0) is 0 Å². The van der Waals surface area contributed by atoms with Gasteiger partial charge < -0.3 is 26.4 Å². The maximum atomic E-state index is 9.46. The SMILES string of the molecule is COc1cc(C=NN=C(N)N)c(O)cc1O. The molecule has 0 saturated carbocycles. The van der Waals surface area contributed by atoms with Crippen molar-refractivity contribution in [1.82, 2.24) is 0 Å². The number of nitrogens with zero attached hydrogens (tertiary/aromatic N) is 2. The zero-order valence-electron chi connectivity index (χ0n) is 8.58. The van der Waals surface area contributed by atoms with Gasteiger partial charge in [-0.2, -0.15) is 5.10 Å². The number of methoxy groups -OCH3 is 1. The van der Waals surface area contributed by atoms with E-state index in [1.807, 2.05) is 0 Å². The number of nitrogens with two attached hydrogens (primary N) is 2. The molecule has 0 heterocycles. The van der Waals surface area contributed by atoms with Gasteiger partial charge in [-0.05, 0) is 6.07 Å². The summed E-state index contributed by atoms with van der Waals surface area (Å²) in [6.07, 6.45) is 1.23. The fourth-order valence-corrected chi connectivity index (χ4v) is 0.998. The molecule has 0 aliphatic carbocycles. The Morgan fingerprint density at radius 2 is 2.00 bits per heavy atom. The predicted octanol–water partition coefficient (Wildman–Crippen LogP) is -0.286. The largest absolute Gasteiger partial charge is 0.507 e. The molecule has 0 saturated heterocycles. The topological polar surface area (TPSA) is 126 Å². The van der Waals surface area contributed by atoms with E-state index < -0.39 is 0 Å². The fraction of sp³-hybridized carbons (Fsp3) is 0.111. The summed E-state index contributed by atoms with van der Waals surface area (Å²) < 4.78 is 4.86. The normalized spacial score (nSPS) is 10.3. The maximum absolute atomic E-state index is 9.46. The zero-order chi connectivity index (χ0) is 12.1. The van der Waals surface area contributed by atoms with Gasteiger partial charge in [-0.1, -0.05) is 0 Å². The quantitative estimate of drug-likeness (QED) is 0.319. The van der Waals surface area contributed by atoms with Gasteiger partial charge in [0.25, 0.3) is 0 Å². The lowest BCUT2D eigenvalue weighted by molar-refractivity contribution is 0.369. The Labute approximate surface area is 91.7 Å². The lowest BCUT2D eigenvalue weighted by atomic mass is 10.2. The van der Waals surface area contributed by atoms with Crippen LogP contribution < -0.4 is 16.2 Å². The van der Waals surface area contributed by atoms with Gasteiger partial charge in [-0.3, -0.25) is 0 Å². The van der Waals surface area contributed by atoms with Crippen LogP contribution in [-0.4, -0.2) is 29.5 Å². The number of hydrogen-bond acceptors (Lipinski definition) is 5. The fourth-order valence-electron chi connectivity index (χ4n) is 0.998. The number of aromatic hydroxyl groups is 2. The summed E-state index contributed by atoms with van der Waals surface area (Å²) in [6.45, 7) is 0. The first-order chi connectivity index (χ1) is 7.54. The maximum Gasteiger partial charge on any atom is 0.211 e. The highest BCUT2D eigenvalue weighted by Gasteiger charge is 2.07. The van der Waals surface area contributed by atoms with E-state index in [4.69, 9.17) is 16.2 Å². The third-order valence-corrected chi connectivity index (χ3v) is 1.70. The van der Waals surface area contributed by atoms with Gasteiger partial charge in [-0.25, -0.2) is 0 Å². The van der Waals surface area contributed by atoms with Gasteiger partial charge in [0.15, 0.2) is 11.5 Å². The van der Waals surface area contributed by atoms with E-state index in [0.717, 1.165) is 6.07 Å². The van der Waals surface area contributed by atoms with E-state index in [9.17, 15) is 10.2 Å². The van der Waals surface area contributed by atoms with Crippen molar-refractivity contribution in [3.63, 3.8) is 0 Å². The number of phenolic OH excluding ortho intramolecular Hbond substituents is 2. The number of hydrogen-bond donors (Lipinski definition) is 4. The molecule has 0 radical (unpaired) electrons. The summed E-state index contributed by atoms with van der Waals surface area (Å²) in [4.78, 5) is 0. The van der Waals surface area contributed by atoms with Crippen LogP contribution in [0.1, 0.15) is 5.56 Å². The molecule has 0 fully saturated rings. The molecule has 1 aromatic carbocycles. The molecule has 0 unspecified atom stereocenters. The Kier molecular flexibility index (Phi) is 3.54. The van der Waals surface area contributed by atoms with Crippen molar-refractivity contribution in [3.05, 3.63) is 17.7 Å². The molecule has 0 spiro atoms. The molecule has 6 N–H and O–H groups in total. The summed E-state index contributed by atoms with van der Waals surface area (Å²) in [6, 6.07) is 2.53. The predicted molar refractivity (Wildman–Crippen MR) is 59.7 cm³/mol. The molecule has 0 aliphatic heterocycles. The van der Waals surface area contributed by atoms with E-state index in [1.54, 1.807) is 0 Å². The Bertz CT molecular complexity index is 439. The highest BCUT2D eigenvalue weighted by molar-refractivity contribution is 5.85. The number of phenols is 2. The van der Waals surface area contributed by atoms with E-state index in [2.05, 4.69) is 10.2 Å². The van der Waals surface area contributed by atoms with Crippen LogP contribution in [0.3, 0.4) is 0 Å². The second-order valence-corrected chi connectivity index (χ2v) is 2.85. The van der Waals surface area contributed by atoms with Gasteiger partial charge in [0.05, 0.1) is 13.3 Å². The Balaban J connectivity index is 3.05. The van der Waals surface area contributed by atoms with E-state index >= 15 is 0 Å². The lowest BCUT2D eigenvalue weighted by Crippen LogP contribution is -2.21. The number of guanidine groups is 1. The minimum Gasteiger partial charge on any atom is -0.507 e. The molecule has 0 bridgehead atoms. The molecule has 0 atom stereocenters. The second kappa shape index (κ2) is 4.87. The molecule has 0 aliphatic rings. The van der Waals surface area contributed by atoms with E-state index in [1.165, 1.54) is 19.4 Å². The van der Waals surface area contributed by atoms with Gasteiger partial charge in [0.1, 0.15) is 5.75 Å². The molecule has 7 nitrogen and oxygen atoms in total. The smallest absolute Gasteiger partial charge is 0.211 e. The van der Waals surface area contributed by atoms with Gasteiger partial charge in [0.2, 0.25) is 5.96 Å². The summed E-state index contributed by atoms with van der Waals surface area (Å²) in [7, 11) is 1.39. The van der Waals surface area contributed by atoms with Gasteiger partial charge in [0, 0.05) is 11.6 Å². The Morgan fingerprint density at radius 3 is 2.56 bits per heavy atom. The lowest BCUT2D eigenvalue weighted by Gasteiger charge is -2.05. The third-order valence-electron chi connectivity index (χ3n) is 1.70. The summed E-state index contributed by atoms with van der Waals surface area (Å²) in [5, 5.41) is 25.7. The van der Waals surface area contributed by atoms with Crippen molar-refractivity contribution in [2.75, 3.05) is 7.11 Å². The second-order valence-electron chi connectivity index (χ2n) is 2.85. The van der Waals surface area contributed by atoms with Crippen LogP contribution in [0, 0.1) is 0 Å². The molecule has 1 aromatic rings. The average Bonchev–Trinajstić information content (AvgIpc) is 2.20. The van der Waals surface area contributed by atoms with Crippen LogP contribution in [0.4, 0.5) is 0 Å². The van der Waals surface area contributed by atoms with Crippen molar-refractivity contribution in [1.29, 1.82) is 0 Å². The summed E-state index contributed by atoms with van der Waals surface area (Å²) >= 11 is 0. The van der Waals surface area contributed by atoms with Crippen LogP contribution in [0.2, 0.25) is 0 Å². The zero-order valence-corrected chi connectivity index (χ0v) is 8.58. The minimum absolute atomic E-state index is 0.159. The molecular weight excluding hydrogens is 212 g/mol. The first-order valence-electron chi connectivity index (χ1n) is 4.26. The molecule has 86 valence electrons. The Morgan fingerprint density at radius 1 is 1.31 bits per heavy atom. The molecule has 16 heavy (non-hydrogen) atoms. The number of benzene rings is 1. The van der Waals surface area contributed by atoms with Crippen LogP contribution in [0.5, 0.6) is 17.2 Å². The minimum atomic E-state index is -0.193. The van der Waals surface area contributed by atoms with Gasteiger partial charge in [-0.15, -0.1) is 5.10 Å². The molecular formula is C9H12N4O3. The van der Waals surface area contributed by atoms with Crippen molar-refractivity contribution in [2.24, 2.45) is 21.7 Å². The van der Waals surface area contributed by atoms with Crippen LogP contribution >= 0.6 is 0 Å². The van der Waals surface area contributed by atoms with Crippen molar-refractivity contribution in [3.8, 4) is 17.2 Å². The van der Waals surface area contributed by atoms with Crippen LogP contribution in [0.25, 0.3) is 0 Å². The van der Waals surface area contributed by atoms with Crippen molar-refractivity contribution in [2.45, 2.75) is 0 Å². The summed E-state index contributed by atoms with van der Waals surface area (Å²) in [5.41, 5.74) is 10.4.